The van der Waals surface area contributed by atoms with Gasteiger partial charge in [-0.15, -0.1) is 0 Å². The summed E-state index contributed by atoms with van der Waals surface area (Å²) in [7, 11) is 0. The fourth-order valence-corrected chi connectivity index (χ4v) is 2.85. The van der Waals surface area contributed by atoms with Crippen LogP contribution in [0.4, 0.5) is 8.78 Å². The van der Waals surface area contributed by atoms with Crippen LogP contribution in [0.2, 0.25) is 5.02 Å². The molecule has 0 aliphatic heterocycles. The molecule has 5 heteroatoms. The Bertz CT molecular complexity index is 858. The summed E-state index contributed by atoms with van der Waals surface area (Å²) in [6.45, 7) is 2.14. The van der Waals surface area contributed by atoms with Gasteiger partial charge in [-0.2, -0.15) is 0 Å². The Kier molecular flexibility index (Phi) is 3.81. The molecule has 0 fully saturated rings. The van der Waals surface area contributed by atoms with Crippen LogP contribution in [0.3, 0.4) is 0 Å². The summed E-state index contributed by atoms with van der Waals surface area (Å²) < 4.78 is 26.9. The molecule has 3 rings (SSSR count). The monoisotopic (exact) mass is 318 g/mol. The van der Waals surface area contributed by atoms with Crippen molar-refractivity contribution in [1.29, 1.82) is 0 Å². The second kappa shape index (κ2) is 5.63. The number of pyridine rings is 1. The summed E-state index contributed by atoms with van der Waals surface area (Å²) in [5.41, 5.74) is 8.86. The molecule has 0 bridgehead atoms. The van der Waals surface area contributed by atoms with Crippen LogP contribution in [0.25, 0.3) is 22.2 Å². The highest BCUT2D eigenvalue weighted by molar-refractivity contribution is 6.35. The van der Waals surface area contributed by atoms with Crippen molar-refractivity contribution in [2.24, 2.45) is 5.73 Å². The topological polar surface area (TPSA) is 38.9 Å². The average molecular weight is 319 g/mol. The third kappa shape index (κ3) is 2.67. The van der Waals surface area contributed by atoms with Gasteiger partial charge in [0.15, 0.2) is 0 Å². The van der Waals surface area contributed by atoms with Crippen molar-refractivity contribution < 1.29 is 8.78 Å². The average Bonchev–Trinajstić information content (AvgIpc) is 2.44. The molecule has 0 aliphatic rings. The molecule has 0 saturated heterocycles. The van der Waals surface area contributed by atoms with Crippen LogP contribution in [-0.4, -0.2) is 4.98 Å². The number of benzene rings is 2. The summed E-state index contributed by atoms with van der Waals surface area (Å²) in [6.07, 6.45) is 0. The molecule has 2 N–H and O–H groups in total. The SMILES string of the molecule is Cc1cc(Cl)c2nc(-c3cc(F)cc(F)c3)c(CN)cc2c1. The maximum Gasteiger partial charge on any atom is 0.126 e. The van der Waals surface area contributed by atoms with Gasteiger partial charge in [-0.3, -0.25) is 0 Å². The van der Waals surface area contributed by atoms with Crippen molar-refractivity contribution >= 4 is 22.5 Å². The molecule has 1 aromatic heterocycles. The van der Waals surface area contributed by atoms with E-state index in [1.165, 1.54) is 12.1 Å². The maximum atomic E-state index is 13.5. The standard InChI is InChI=1S/C17H13ClF2N2/c1-9-2-10-4-12(8-21)16(22-17(10)15(18)3-9)11-5-13(19)7-14(20)6-11/h2-7H,8,21H2,1H3. The van der Waals surface area contributed by atoms with Gasteiger partial charge in [0.2, 0.25) is 0 Å². The van der Waals surface area contributed by atoms with E-state index >= 15 is 0 Å². The third-order valence-electron chi connectivity index (χ3n) is 3.45. The number of hydrogen-bond donors (Lipinski definition) is 1. The molecular formula is C17H13ClF2N2. The van der Waals surface area contributed by atoms with Gasteiger partial charge in [0, 0.05) is 23.6 Å². The van der Waals surface area contributed by atoms with E-state index in [0.717, 1.165) is 17.0 Å². The molecule has 0 amide bonds. The van der Waals surface area contributed by atoms with Crippen LogP contribution in [0, 0.1) is 18.6 Å². The van der Waals surface area contributed by atoms with Crippen LogP contribution in [0.5, 0.6) is 0 Å². The van der Waals surface area contributed by atoms with E-state index in [1.54, 1.807) is 6.07 Å². The Balaban J connectivity index is 2.32. The van der Waals surface area contributed by atoms with Gasteiger partial charge < -0.3 is 5.73 Å². The van der Waals surface area contributed by atoms with Crippen molar-refractivity contribution in [3.05, 3.63) is 64.2 Å². The first-order chi connectivity index (χ1) is 10.5. The summed E-state index contributed by atoms with van der Waals surface area (Å²) in [6, 6.07) is 8.90. The normalized spacial score (nSPS) is 11.1. The molecule has 112 valence electrons. The highest BCUT2D eigenvalue weighted by Gasteiger charge is 2.12. The molecule has 2 aromatic carbocycles. The number of hydrogen-bond acceptors (Lipinski definition) is 2. The van der Waals surface area contributed by atoms with E-state index in [2.05, 4.69) is 4.98 Å². The Morgan fingerprint density at radius 1 is 1.05 bits per heavy atom. The van der Waals surface area contributed by atoms with Crippen LogP contribution >= 0.6 is 11.6 Å². The number of aromatic nitrogens is 1. The first-order valence-corrected chi connectivity index (χ1v) is 7.12. The summed E-state index contributed by atoms with van der Waals surface area (Å²) in [4.78, 5) is 4.49. The van der Waals surface area contributed by atoms with Crippen molar-refractivity contribution in [3.8, 4) is 11.3 Å². The molecular weight excluding hydrogens is 306 g/mol. The lowest BCUT2D eigenvalue weighted by molar-refractivity contribution is 0.584. The van der Waals surface area contributed by atoms with E-state index in [4.69, 9.17) is 17.3 Å². The lowest BCUT2D eigenvalue weighted by Crippen LogP contribution is -2.02. The zero-order valence-corrected chi connectivity index (χ0v) is 12.6. The second-order valence-electron chi connectivity index (χ2n) is 5.18. The largest absolute Gasteiger partial charge is 0.326 e. The summed E-state index contributed by atoms with van der Waals surface area (Å²) >= 11 is 6.24. The first kappa shape index (κ1) is 14.9. The Morgan fingerprint density at radius 3 is 2.36 bits per heavy atom. The van der Waals surface area contributed by atoms with Crippen LogP contribution < -0.4 is 5.73 Å². The Hall–Kier alpha value is -2.04. The Labute approximate surface area is 131 Å². The highest BCUT2D eigenvalue weighted by Crippen LogP contribution is 2.30. The fraction of sp³-hybridized carbons (Fsp3) is 0.118. The lowest BCUT2D eigenvalue weighted by Gasteiger charge is -2.11. The van der Waals surface area contributed by atoms with Crippen molar-refractivity contribution in [3.63, 3.8) is 0 Å². The van der Waals surface area contributed by atoms with Crippen molar-refractivity contribution in [1.82, 2.24) is 4.98 Å². The molecule has 22 heavy (non-hydrogen) atoms. The molecule has 2 nitrogen and oxygen atoms in total. The summed E-state index contributed by atoms with van der Waals surface area (Å²) in [5, 5.41) is 1.35. The summed E-state index contributed by atoms with van der Waals surface area (Å²) in [5.74, 6) is -1.32. The smallest absolute Gasteiger partial charge is 0.126 e. The van der Waals surface area contributed by atoms with Gasteiger partial charge in [0.25, 0.3) is 0 Å². The molecule has 0 aliphatic carbocycles. The van der Waals surface area contributed by atoms with Crippen LogP contribution in [-0.2, 0) is 6.54 Å². The molecule has 0 spiro atoms. The second-order valence-corrected chi connectivity index (χ2v) is 5.58. The minimum atomic E-state index is -0.658. The zero-order chi connectivity index (χ0) is 15.9. The van der Waals surface area contributed by atoms with Gasteiger partial charge in [0.05, 0.1) is 16.2 Å². The zero-order valence-electron chi connectivity index (χ0n) is 11.8. The quantitative estimate of drug-likeness (QED) is 0.750. The van der Waals surface area contributed by atoms with Crippen molar-refractivity contribution in [2.45, 2.75) is 13.5 Å². The lowest BCUT2D eigenvalue weighted by atomic mass is 10.0. The number of halogens is 3. The van der Waals surface area contributed by atoms with Gasteiger partial charge >= 0.3 is 0 Å². The highest BCUT2D eigenvalue weighted by atomic mass is 35.5. The minimum absolute atomic E-state index is 0.210. The first-order valence-electron chi connectivity index (χ1n) is 6.74. The Morgan fingerprint density at radius 2 is 1.73 bits per heavy atom. The molecule has 0 radical (unpaired) electrons. The van der Waals surface area contributed by atoms with Gasteiger partial charge in [-0.25, -0.2) is 13.8 Å². The van der Waals surface area contributed by atoms with E-state index < -0.39 is 11.6 Å². The van der Waals surface area contributed by atoms with Gasteiger partial charge in [-0.05, 0) is 48.4 Å². The number of nitrogens with zero attached hydrogens (tertiary/aromatic N) is 1. The third-order valence-corrected chi connectivity index (χ3v) is 3.74. The molecule has 0 unspecified atom stereocenters. The minimum Gasteiger partial charge on any atom is -0.326 e. The van der Waals surface area contributed by atoms with Gasteiger partial charge in [0.1, 0.15) is 11.6 Å². The number of rotatable bonds is 2. The fourth-order valence-electron chi connectivity index (χ4n) is 2.53. The van der Waals surface area contributed by atoms with E-state index in [-0.39, 0.29) is 6.54 Å². The number of aryl methyl sites for hydroxylation is 1. The number of fused-ring (bicyclic) bond motifs is 1. The molecule has 0 saturated carbocycles. The van der Waals surface area contributed by atoms with E-state index in [0.29, 0.717) is 27.4 Å². The van der Waals surface area contributed by atoms with E-state index in [1.807, 2.05) is 19.1 Å². The maximum absolute atomic E-state index is 13.5. The predicted molar refractivity (Wildman–Crippen MR) is 84.7 cm³/mol. The van der Waals surface area contributed by atoms with Crippen LogP contribution in [0.1, 0.15) is 11.1 Å². The van der Waals surface area contributed by atoms with Crippen molar-refractivity contribution in [2.75, 3.05) is 0 Å². The van der Waals surface area contributed by atoms with Gasteiger partial charge in [-0.1, -0.05) is 11.6 Å². The predicted octanol–water partition coefficient (Wildman–Crippen LogP) is 4.60. The van der Waals surface area contributed by atoms with E-state index in [9.17, 15) is 8.78 Å². The molecule has 0 atom stereocenters. The molecule has 1 heterocycles. The molecule has 3 aromatic rings. The number of nitrogens with two attached hydrogens (primary N) is 1. The van der Waals surface area contributed by atoms with Crippen LogP contribution in [0.15, 0.2) is 36.4 Å².